The average molecular weight is 237 g/mol. The van der Waals surface area contributed by atoms with Crippen molar-refractivity contribution in [1.82, 2.24) is 0 Å². The topological polar surface area (TPSA) is 37.3 Å². The van der Waals surface area contributed by atoms with Crippen LogP contribution in [0.3, 0.4) is 0 Å². The van der Waals surface area contributed by atoms with E-state index in [2.05, 4.69) is 15.9 Å². The van der Waals surface area contributed by atoms with Crippen molar-refractivity contribution >= 4 is 21.9 Å². The van der Waals surface area contributed by atoms with E-state index in [4.69, 9.17) is 5.11 Å². The number of carbonyl (C=O) groups is 1. The first-order chi connectivity index (χ1) is 5.54. The Labute approximate surface area is 75.0 Å². The van der Waals surface area contributed by atoms with Gasteiger partial charge in [-0.15, -0.1) is 0 Å². The molecule has 0 unspecified atom stereocenters. The zero-order chi connectivity index (χ0) is 9.30. The number of benzene rings is 1. The van der Waals surface area contributed by atoms with E-state index in [-0.39, 0.29) is 4.47 Å². The van der Waals surface area contributed by atoms with Crippen LogP contribution < -0.4 is 0 Å². The average Bonchev–Trinajstić information content (AvgIpc) is 1.97. The molecule has 1 N–H and O–H groups in total. The van der Waals surface area contributed by atoms with Crippen molar-refractivity contribution in [2.24, 2.45) is 0 Å². The molecule has 1 aromatic carbocycles. The lowest BCUT2D eigenvalue weighted by molar-refractivity contribution is 0.0686. The van der Waals surface area contributed by atoms with Crippen LogP contribution in [0, 0.1) is 11.6 Å². The van der Waals surface area contributed by atoms with E-state index in [0.29, 0.717) is 0 Å². The van der Waals surface area contributed by atoms with E-state index >= 15 is 0 Å². The summed E-state index contributed by atoms with van der Waals surface area (Å²) in [7, 11) is 0. The van der Waals surface area contributed by atoms with Gasteiger partial charge in [0.1, 0.15) is 11.4 Å². The third kappa shape index (κ3) is 1.45. The largest absolute Gasteiger partial charge is 0.477 e. The molecule has 1 aromatic rings. The number of aromatic carboxylic acids is 1. The number of carboxylic acids is 1. The molecule has 0 amide bonds. The van der Waals surface area contributed by atoms with E-state index in [1.807, 2.05) is 0 Å². The number of hydrogen-bond acceptors (Lipinski definition) is 1. The van der Waals surface area contributed by atoms with Crippen LogP contribution in [0.1, 0.15) is 10.4 Å². The summed E-state index contributed by atoms with van der Waals surface area (Å²) in [6.07, 6.45) is 0. The van der Waals surface area contributed by atoms with Crippen molar-refractivity contribution in [2.75, 3.05) is 0 Å². The fraction of sp³-hybridized carbons (Fsp3) is 0. The Balaban J connectivity index is 3.43. The smallest absolute Gasteiger partial charge is 0.341 e. The minimum absolute atomic E-state index is 0.0682. The van der Waals surface area contributed by atoms with E-state index < -0.39 is 23.2 Å². The van der Waals surface area contributed by atoms with E-state index in [1.165, 1.54) is 0 Å². The van der Waals surface area contributed by atoms with Gasteiger partial charge < -0.3 is 5.11 Å². The van der Waals surface area contributed by atoms with Crippen molar-refractivity contribution in [3.05, 3.63) is 33.8 Å². The normalized spacial score (nSPS) is 9.92. The maximum Gasteiger partial charge on any atom is 0.341 e. The summed E-state index contributed by atoms with van der Waals surface area (Å²) in [6, 6.07) is 1.99. The molecule has 12 heavy (non-hydrogen) atoms. The highest BCUT2D eigenvalue weighted by Crippen LogP contribution is 2.21. The third-order valence-electron chi connectivity index (χ3n) is 1.26. The van der Waals surface area contributed by atoms with Gasteiger partial charge in [0.25, 0.3) is 0 Å². The molecule has 0 saturated carbocycles. The molecule has 0 heterocycles. The molecule has 0 bridgehead atoms. The SMILES string of the molecule is O=C(O)c1c(F)ccc(Br)c1F. The van der Waals surface area contributed by atoms with Gasteiger partial charge in [0, 0.05) is 0 Å². The summed E-state index contributed by atoms with van der Waals surface area (Å²) >= 11 is 2.74. The van der Waals surface area contributed by atoms with Gasteiger partial charge in [-0.1, -0.05) is 0 Å². The molecular formula is C7H3BrF2O2. The molecule has 0 spiro atoms. The number of rotatable bonds is 1. The van der Waals surface area contributed by atoms with Gasteiger partial charge in [-0.25, -0.2) is 13.6 Å². The van der Waals surface area contributed by atoms with Gasteiger partial charge in [0.2, 0.25) is 0 Å². The second-order valence-electron chi connectivity index (χ2n) is 2.02. The van der Waals surface area contributed by atoms with Crippen LogP contribution in [-0.2, 0) is 0 Å². The maximum absolute atomic E-state index is 12.8. The molecule has 0 aliphatic rings. The number of halogens is 3. The first-order valence-corrected chi connectivity index (χ1v) is 3.70. The molecule has 0 fully saturated rings. The Hall–Kier alpha value is -0.970. The molecule has 2 nitrogen and oxygen atoms in total. The molecule has 0 radical (unpaired) electrons. The monoisotopic (exact) mass is 236 g/mol. The molecular weight excluding hydrogens is 234 g/mol. The summed E-state index contributed by atoms with van der Waals surface area (Å²) < 4.78 is 25.4. The van der Waals surface area contributed by atoms with Crippen LogP contribution in [0.15, 0.2) is 16.6 Å². The van der Waals surface area contributed by atoms with Crippen LogP contribution in [0.25, 0.3) is 0 Å². The quantitative estimate of drug-likeness (QED) is 0.761. The minimum Gasteiger partial charge on any atom is -0.477 e. The fourth-order valence-corrected chi connectivity index (χ4v) is 1.05. The molecule has 5 heteroatoms. The van der Waals surface area contributed by atoms with Gasteiger partial charge in [0.15, 0.2) is 5.82 Å². The molecule has 0 atom stereocenters. The molecule has 0 aromatic heterocycles. The summed E-state index contributed by atoms with van der Waals surface area (Å²) in [5.41, 5.74) is -0.940. The molecule has 1 rings (SSSR count). The number of carboxylic acid groups (broad SMARTS) is 1. The van der Waals surface area contributed by atoms with Crippen molar-refractivity contribution in [3.8, 4) is 0 Å². The zero-order valence-corrected chi connectivity index (χ0v) is 7.23. The summed E-state index contributed by atoms with van der Waals surface area (Å²) in [4.78, 5) is 10.3. The Kier molecular flexibility index (Phi) is 2.42. The first-order valence-electron chi connectivity index (χ1n) is 2.91. The van der Waals surface area contributed by atoms with Gasteiger partial charge in [-0.3, -0.25) is 0 Å². The predicted octanol–water partition coefficient (Wildman–Crippen LogP) is 2.43. The van der Waals surface area contributed by atoms with Gasteiger partial charge in [0.05, 0.1) is 4.47 Å². The van der Waals surface area contributed by atoms with Gasteiger partial charge in [-0.05, 0) is 28.1 Å². The highest BCUT2D eigenvalue weighted by atomic mass is 79.9. The van der Waals surface area contributed by atoms with E-state index in [9.17, 15) is 13.6 Å². The highest BCUT2D eigenvalue weighted by molar-refractivity contribution is 9.10. The van der Waals surface area contributed by atoms with Crippen LogP contribution in [0.2, 0.25) is 0 Å². The Morgan fingerprint density at radius 3 is 2.42 bits per heavy atom. The van der Waals surface area contributed by atoms with Crippen molar-refractivity contribution in [3.63, 3.8) is 0 Å². The Morgan fingerprint density at radius 2 is 2.00 bits per heavy atom. The second-order valence-corrected chi connectivity index (χ2v) is 2.88. The van der Waals surface area contributed by atoms with Gasteiger partial charge >= 0.3 is 5.97 Å². The predicted molar refractivity (Wildman–Crippen MR) is 41.0 cm³/mol. The first kappa shape index (κ1) is 9.12. The van der Waals surface area contributed by atoms with Gasteiger partial charge in [-0.2, -0.15) is 0 Å². The lowest BCUT2D eigenvalue weighted by atomic mass is 10.2. The Bertz CT molecular complexity index is 338. The minimum atomic E-state index is -1.62. The molecule has 0 saturated heterocycles. The van der Waals surface area contributed by atoms with E-state index in [1.54, 1.807) is 0 Å². The fourth-order valence-electron chi connectivity index (χ4n) is 0.723. The van der Waals surface area contributed by atoms with Crippen LogP contribution >= 0.6 is 15.9 Å². The van der Waals surface area contributed by atoms with E-state index in [0.717, 1.165) is 12.1 Å². The third-order valence-corrected chi connectivity index (χ3v) is 1.87. The lowest BCUT2D eigenvalue weighted by Crippen LogP contribution is -2.04. The van der Waals surface area contributed by atoms with Crippen LogP contribution in [-0.4, -0.2) is 11.1 Å². The van der Waals surface area contributed by atoms with Crippen molar-refractivity contribution in [1.29, 1.82) is 0 Å². The maximum atomic E-state index is 12.8. The summed E-state index contributed by atoms with van der Waals surface area (Å²) in [5, 5.41) is 8.37. The van der Waals surface area contributed by atoms with Crippen LogP contribution in [0.5, 0.6) is 0 Å². The molecule has 0 aliphatic heterocycles. The highest BCUT2D eigenvalue weighted by Gasteiger charge is 2.18. The van der Waals surface area contributed by atoms with Crippen molar-refractivity contribution in [2.45, 2.75) is 0 Å². The molecule has 64 valence electrons. The zero-order valence-electron chi connectivity index (χ0n) is 5.64. The number of hydrogen-bond donors (Lipinski definition) is 1. The standard InChI is InChI=1S/C7H3BrF2O2/c8-3-1-2-4(9)5(6(3)10)7(11)12/h1-2H,(H,11,12). The summed E-state index contributed by atoms with van der Waals surface area (Å²) in [5.74, 6) is -3.79. The second kappa shape index (κ2) is 3.18. The lowest BCUT2D eigenvalue weighted by Gasteiger charge is -2.00. The molecule has 0 aliphatic carbocycles. The van der Waals surface area contributed by atoms with Crippen LogP contribution in [0.4, 0.5) is 8.78 Å². The summed E-state index contributed by atoms with van der Waals surface area (Å²) in [6.45, 7) is 0. The van der Waals surface area contributed by atoms with Crippen molar-refractivity contribution < 1.29 is 18.7 Å². The Morgan fingerprint density at radius 1 is 1.42 bits per heavy atom.